The molecule has 0 aromatic carbocycles. The number of aromatic nitrogens is 3. The number of rotatable bonds is 6. The van der Waals surface area contributed by atoms with Gasteiger partial charge in [-0.2, -0.15) is 0 Å². The van der Waals surface area contributed by atoms with Crippen LogP contribution < -0.4 is 10.6 Å². The Kier molecular flexibility index (Phi) is 5.83. The molecular weight excluding hydrogens is 320 g/mol. The molecule has 2 amide bonds. The van der Waals surface area contributed by atoms with Crippen LogP contribution in [0.2, 0.25) is 0 Å². The predicted octanol–water partition coefficient (Wildman–Crippen LogP) is 1.60. The number of ether oxygens (including phenoxy) is 1. The Morgan fingerprint density at radius 2 is 2.12 bits per heavy atom. The highest BCUT2D eigenvalue weighted by molar-refractivity contribution is 5.89. The van der Waals surface area contributed by atoms with Crippen molar-refractivity contribution in [3.8, 4) is 0 Å². The second kappa shape index (κ2) is 8.26. The quantitative estimate of drug-likeness (QED) is 0.830. The monoisotopic (exact) mass is 346 g/mol. The van der Waals surface area contributed by atoms with E-state index >= 15 is 0 Å². The maximum Gasteiger partial charge on any atom is 0.319 e. The van der Waals surface area contributed by atoms with Crippen LogP contribution in [0.15, 0.2) is 24.7 Å². The van der Waals surface area contributed by atoms with E-state index in [1.807, 2.05) is 12.1 Å². The molecule has 2 aromatic rings. The van der Waals surface area contributed by atoms with Crippen LogP contribution in [0.5, 0.6) is 0 Å². The van der Waals surface area contributed by atoms with Crippen molar-refractivity contribution in [3.05, 3.63) is 24.7 Å². The number of nitrogens with zero attached hydrogens (tertiary/aromatic N) is 4. The average molecular weight is 346 g/mol. The van der Waals surface area contributed by atoms with Gasteiger partial charge in [0.05, 0.1) is 18.9 Å². The number of amides is 2. The number of morpholine rings is 1. The van der Waals surface area contributed by atoms with Crippen LogP contribution in [0.25, 0.3) is 5.65 Å². The minimum absolute atomic E-state index is 0.200. The molecule has 0 unspecified atom stereocenters. The number of nitrogens with one attached hydrogen (secondary N) is 2. The van der Waals surface area contributed by atoms with Gasteiger partial charge in [-0.1, -0.05) is 13.8 Å². The van der Waals surface area contributed by atoms with Gasteiger partial charge in [0.2, 0.25) is 0 Å². The minimum atomic E-state index is -0.200. The van der Waals surface area contributed by atoms with Crippen molar-refractivity contribution in [1.29, 1.82) is 0 Å². The highest BCUT2D eigenvalue weighted by atomic mass is 16.5. The summed E-state index contributed by atoms with van der Waals surface area (Å²) in [6.45, 7) is 8.41. The van der Waals surface area contributed by atoms with E-state index < -0.39 is 0 Å². The van der Waals surface area contributed by atoms with Crippen molar-refractivity contribution in [1.82, 2.24) is 24.8 Å². The van der Waals surface area contributed by atoms with Gasteiger partial charge >= 0.3 is 6.03 Å². The molecule has 1 aliphatic heterocycles. The van der Waals surface area contributed by atoms with Crippen LogP contribution in [0.3, 0.4) is 0 Å². The van der Waals surface area contributed by atoms with Crippen molar-refractivity contribution in [2.24, 2.45) is 5.92 Å². The van der Waals surface area contributed by atoms with Gasteiger partial charge in [-0.05, 0) is 24.5 Å². The summed E-state index contributed by atoms with van der Waals surface area (Å²) in [5.74, 6) is 0.578. The summed E-state index contributed by atoms with van der Waals surface area (Å²) in [7, 11) is 0. The zero-order chi connectivity index (χ0) is 17.6. The first-order chi connectivity index (χ1) is 12.1. The van der Waals surface area contributed by atoms with Crippen LogP contribution in [0, 0.1) is 5.92 Å². The van der Waals surface area contributed by atoms with Gasteiger partial charge in [0.1, 0.15) is 6.33 Å². The lowest BCUT2D eigenvalue weighted by Crippen LogP contribution is -2.49. The Bertz CT molecular complexity index is 695. The molecule has 1 aliphatic rings. The number of hydrogen-bond donors (Lipinski definition) is 2. The molecule has 2 N–H and O–H groups in total. The first-order valence-electron chi connectivity index (χ1n) is 8.78. The van der Waals surface area contributed by atoms with Crippen molar-refractivity contribution in [3.63, 3.8) is 0 Å². The number of carbonyl (C=O) groups excluding carboxylic acids is 1. The maximum absolute atomic E-state index is 12.3. The topological polar surface area (TPSA) is 83.8 Å². The predicted molar refractivity (Wildman–Crippen MR) is 95.6 cm³/mol. The number of hydrogen-bond acceptors (Lipinski definition) is 5. The zero-order valence-electron chi connectivity index (χ0n) is 14.8. The Morgan fingerprint density at radius 3 is 2.88 bits per heavy atom. The van der Waals surface area contributed by atoms with Gasteiger partial charge in [0, 0.05) is 31.9 Å². The summed E-state index contributed by atoms with van der Waals surface area (Å²) >= 11 is 0. The molecule has 1 saturated heterocycles. The molecule has 0 saturated carbocycles. The summed E-state index contributed by atoms with van der Waals surface area (Å²) in [5.41, 5.74) is 1.45. The number of fused-ring (bicyclic) bond motifs is 1. The SMILES string of the molecule is CC(C)C[C@@H](CNC(=O)Nc1ccc2nncn2c1)N1CCOCC1. The highest BCUT2D eigenvalue weighted by Crippen LogP contribution is 2.13. The standard InChI is InChI=1S/C17H26N6O2/c1-13(2)9-15(22-5-7-25-8-6-22)10-18-17(24)20-14-3-4-16-21-19-12-23(16)11-14/h3-4,11-13,15H,5-10H2,1-2H3,(H2,18,20,24)/t15-/m0/s1. The summed E-state index contributed by atoms with van der Waals surface area (Å²) < 4.78 is 7.20. The highest BCUT2D eigenvalue weighted by Gasteiger charge is 2.22. The lowest BCUT2D eigenvalue weighted by molar-refractivity contribution is 0.0130. The van der Waals surface area contributed by atoms with E-state index in [2.05, 4.69) is 39.6 Å². The fourth-order valence-corrected chi connectivity index (χ4v) is 3.14. The molecule has 0 spiro atoms. The van der Waals surface area contributed by atoms with Gasteiger partial charge in [-0.25, -0.2) is 4.79 Å². The first-order valence-corrected chi connectivity index (χ1v) is 8.78. The van der Waals surface area contributed by atoms with E-state index in [0.29, 0.717) is 24.2 Å². The van der Waals surface area contributed by atoms with Crippen molar-refractivity contribution >= 4 is 17.4 Å². The maximum atomic E-state index is 12.3. The number of carbonyl (C=O) groups is 1. The Morgan fingerprint density at radius 1 is 1.32 bits per heavy atom. The number of pyridine rings is 1. The number of anilines is 1. The molecule has 2 aromatic heterocycles. The smallest absolute Gasteiger partial charge is 0.319 e. The largest absolute Gasteiger partial charge is 0.379 e. The second-order valence-electron chi connectivity index (χ2n) is 6.78. The molecule has 1 fully saturated rings. The molecule has 8 heteroatoms. The van der Waals surface area contributed by atoms with E-state index in [4.69, 9.17) is 4.74 Å². The van der Waals surface area contributed by atoms with E-state index in [9.17, 15) is 4.79 Å². The molecule has 8 nitrogen and oxygen atoms in total. The molecule has 3 heterocycles. The fraction of sp³-hybridized carbons (Fsp3) is 0.588. The van der Waals surface area contributed by atoms with Gasteiger partial charge in [-0.3, -0.25) is 9.30 Å². The Hall–Kier alpha value is -2.19. The third-order valence-electron chi connectivity index (χ3n) is 4.35. The summed E-state index contributed by atoms with van der Waals surface area (Å²) in [6.07, 6.45) is 4.45. The number of urea groups is 1. The third kappa shape index (κ3) is 4.90. The lowest BCUT2D eigenvalue weighted by Gasteiger charge is -2.35. The van der Waals surface area contributed by atoms with Gasteiger partial charge in [0.25, 0.3) is 0 Å². The molecule has 0 aliphatic carbocycles. The fourth-order valence-electron chi connectivity index (χ4n) is 3.14. The molecule has 0 radical (unpaired) electrons. The molecule has 25 heavy (non-hydrogen) atoms. The molecule has 3 rings (SSSR count). The third-order valence-corrected chi connectivity index (χ3v) is 4.35. The van der Waals surface area contributed by atoms with Crippen LogP contribution >= 0.6 is 0 Å². The van der Waals surface area contributed by atoms with Crippen LogP contribution in [0.1, 0.15) is 20.3 Å². The zero-order valence-corrected chi connectivity index (χ0v) is 14.8. The second-order valence-corrected chi connectivity index (χ2v) is 6.78. The van der Waals surface area contributed by atoms with Crippen LogP contribution in [-0.4, -0.2) is 64.4 Å². The normalized spacial score (nSPS) is 16.9. The van der Waals surface area contributed by atoms with Gasteiger partial charge < -0.3 is 15.4 Å². The minimum Gasteiger partial charge on any atom is -0.379 e. The average Bonchev–Trinajstić information content (AvgIpc) is 3.07. The molecule has 136 valence electrons. The van der Waals surface area contributed by atoms with E-state index in [-0.39, 0.29) is 6.03 Å². The van der Waals surface area contributed by atoms with Crippen molar-refractivity contribution in [2.45, 2.75) is 26.3 Å². The Balaban J connectivity index is 1.54. The first kappa shape index (κ1) is 17.6. The van der Waals surface area contributed by atoms with Crippen LogP contribution in [0.4, 0.5) is 10.5 Å². The molecule has 1 atom stereocenters. The summed E-state index contributed by atoms with van der Waals surface area (Å²) in [5, 5.41) is 13.6. The van der Waals surface area contributed by atoms with E-state index in [1.165, 1.54) is 0 Å². The molecular formula is C17H26N6O2. The summed E-state index contributed by atoms with van der Waals surface area (Å²) in [4.78, 5) is 14.7. The Labute approximate surface area is 147 Å². The lowest BCUT2D eigenvalue weighted by atomic mass is 10.0. The van der Waals surface area contributed by atoms with Crippen LogP contribution in [-0.2, 0) is 4.74 Å². The van der Waals surface area contributed by atoms with Gasteiger partial charge in [-0.15, -0.1) is 10.2 Å². The van der Waals surface area contributed by atoms with E-state index in [1.54, 1.807) is 16.9 Å². The summed E-state index contributed by atoms with van der Waals surface area (Å²) in [6, 6.07) is 3.76. The molecule has 0 bridgehead atoms. The van der Waals surface area contributed by atoms with Gasteiger partial charge in [0.15, 0.2) is 5.65 Å². The van der Waals surface area contributed by atoms with E-state index in [0.717, 1.165) is 38.4 Å². The van der Waals surface area contributed by atoms with Crippen molar-refractivity contribution in [2.75, 3.05) is 38.2 Å². The van der Waals surface area contributed by atoms with Crippen molar-refractivity contribution < 1.29 is 9.53 Å².